The minimum Gasteiger partial charge on any atom is -0.302 e. The number of likely N-dealkylation sites (tertiary alicyclic amines) is 1. The molecular weight excluding hydrogens is 358 g/mol. The summed E-state index contributed by atoms with van der Waals surface area (Å²) in [5, 5.41) is 1.67. The Morgan fingerprint density at radius 3 is 2.81 bits per heavy atom. The largest absolute Gasteiger partial charge is 0.302 e. The molecule has 0 aliphatic carbocycles. The Hall–Kier alpha value is -2.17. The first-order chi connectivity index (χ1) is 13.1. The van der Waals surface area contributed by atoms with E-state index in [1.54, 1.807) is 6.20 Å². The van der Waals surface area contributed by atoms with Gasteiger partial charge in [-0.3, -0.25) is 14.7 Å². The predicted molar refractivity (Wildman–Crippen MR) is 110 cm³/mol. The molecule has 27 heavy (non-hydrogen) atoms. The average Bonchev–Trinajstić information content (AvgIpc) is 2.68. The van der Waals surface area contributed by atoms with Crippen LogP contribution in [-0.4, -0.2) is 27.0 Å². The van der Waals surface area contributed by atoms with Crippen LogP contribution in [0.25, 0.3) is 10.9 Å². The Labute approximate surface area is 164 Å². The Bertz CT molecular complexity index is 1000. The molecule has 0 spiro atoms. The number of aromatic nitrogens is 2. The van der Waals surface area contributed by atoms with E-state index >= 15 is 0 Å². The van der Waals surface area contributed by atoms with Crippen molar-refractivity contribution in [2.75, 3.05) is 6.54 Å². The number of hydrogen-bond donors (Lipinski definition) is 0. The van der Waals surface area contributed by atoms with Crippen LogP contribution < -0.4 is 5.56 Å². The zero-order chi connectivity index (χ0) is 18.8. The lowest BCUT2D eigenvalue weighted by Gasteiger charge is -2.33. The molecule has 4 nitrogen and oxygen atoms in total. The second-order valence-corrected chi connectivity index (χ2v) is 7.84. The highest BCUT2D eigenvalue weighted by molar-refractivity contribution is 6.31. The maximum absolute atomic E-state index is 13.3. The van der Waals surface area contributed by atoms with Crippen LogP contribution in [0.5, 0.6) is 0 Å². The first-order valence-corrected chi connectivity index (χ1v) is 9.95. The fourth-order valence-electron chi connectivity index (χ4n) is 3.94. The summed E-state index contributed by atoms with van der Waals surface area (Å²) in [4.78, 5) is 20.2. The van der Waals surface area contributed by atoms with Crippen molar-refractivity contribution in [1.82, 2.24) is 14.5 Å². The van der Waals surface area contributed by atoms with E-state index in [1.165, 1.54) is 19.3 Å². The standard InChI is InChI=1S/C22H24ClN3O/c1-16-6-3-5-11-25(16)14-18-12-17-8-9-19(23)13-21(17)26(22(18)27)15-20-7-2-4-10-24-20/h2,4,7-10,12-13,16H,3,5-6,11,14-15H2,1H3. The third kappa shape index (κ3) is 3.92. The van der Waals surface area contributed by atoms with Gasteiger partial charge in [-0.15, -0.1) is 0 Å². The number of benzene rings is 1. The number of hydrogen-bond acceptors (Lipinski definition) is 3. The van der Waals surface area contributed by atoms with Gasteiger partial charge in [-0.05, 0) is 62.0 Å². The summed E-state index contributed by atoms with van der Waals surface area (Å²) in [6.45, 7) is 4.45. The molecule has 140 valence electrons. The molecular formula is C22H24ClN3O. The van der Waals surface area contributed by atoms with E-state index in [1.807, 2.05) is 47.0 Å². The summed E-state index contributed by atoms with van der Waals surface area (Å²) < 4.78 is 1.81. The Morgan fingerprint density at radius 2 is 2.04 bits per heavy atom. The highest BCUT2D eigenvalue weighted by Crippen LogP contribution is 2.22. The molecule has 1 saturated heterocycles. The number of pyridine rings is 2. The minimum atomic E-state index is 0.0493. The van der Waals surface area contributed by atoms with Gasteiger partial charge in [0.05, 0.1) is 17.8 Å². The molecule has 0 N–H and O–H groups in total. The lowest BCUT2D eigenvalue weighted by molar-refractivity contribution is 0.152. The molecule has 3 heterocycles. The fourth-order valence-corrected chi connectivity index (χ4v) is 4.11. The van der Waals surface area contributed by atoms with Crippen molar-refractivity contribution in [3.63, 3.8) is 0 Å². The number of halogens is 1. The zero-order valence-electron chi connectivity index (χ0n) is 15.6. The zero-order valence-corrected chi connectivity index (χ0v) is 16.3. The van der Waals surface area contributed by atoms with E-state index in [-0.39, 0.29) is 5.56 Å². The van der Waals surface area contributed by atoms with Gasteiger partial charge in [0, 0.05) is 29.4 Å². The molecule has 3 aromatic rings. The Balaban J connectivity index is 1.79. The highest BCUT2D eigenvalue weighted by atomic mass is 35.5. The molecule has 1 aromatic carbocycles. The Morgan fingerprint density at radius 1 is 1.15 bits per heavy atom. The molecule has 1 aliphatic heterocycles. The van der Waals surface area contributed by atoms with Crippen molar-refractivity contribution >= 4 is 22.5 Å². The second kappa shape index (κ2) is 7.83. The van der Waals surface area contributed by atoms with Gasteiger partial charge in [-0.2, -0.15) is 0 Å². The van der Waals surface area contributed by atoms with Gasteiger partial charge in [0.25, 0.3) is 5.56 Å². The number of nitrogens with zero attached hydrogens (tertiary/aromatic N) is 3. The first kappa shape index (κ1) is 18.2. The second-order valence-electron chi connectivity index (χ2n) is 7.40. The van der Waals surface area contributed by atoms with Crippen LogP contribution >= 0.6 is 11.6 Å². The lowest BCUT2D eigenvalue weighted by Crippen LogP contribution is -2.39. The molecule has 1 unspecified atom stereocenters. The molecule has 1 atom stereocenters. The summed E-state index contributed by atoms with van der Waals surface area (Å²) >= 11 is 6.22. The van der Waals surface area contributed by atoms with Gasteiger partial charge in [-0.25, -0.2) is 0 Å². The molecule has 1 aliphatic rings. The Kier molecular flexibility index (Phi) is 5.28. The van der Waals surface area contributed by atoms with Crippen LogP contribution in [0.1, 0.15) is 37.4 Å². The maximum atomic E-state index is 13.3. The van der Waals surface area contributed by atoms with Crippen molar-refractivity contribution in [1.29, 1.82) is 0 Å². The summed E-state index contributed by atoms with van der Waals surface area (Å²) in [7, 11) is 0. The number of fused-ring (bicyclic) bond motifs is 1. The number of piperidine rings is 1. The molecule has 0 radical (unpaired) electrons. The smallest absolute Gasteiger partial charge is 0.255 e. The minimum absolute atomic E-state index is 0.0493. The summed E-state index contributed by atoms with van der Waals surface area (Å²) in [5.74, 6) is 0. The SMILES string of the molecule is CC1CCCCN1Cc1cc2ccc(Cl)cc2n(Cc2ccccn2)c1=O. The fraction of sp³-hybridized carbons (Fsp3) is 0.364. The van der Waals surface area contributed by atoms with Crippen LogP contribution in [0.3, 0.4) is 0 Å². The molecule has 2 aromatic heterocycles. The van der Waals surface area contributed by atoms with Gasteiger partial charge in [0.15, 0.2) is 0 Å². The van der Waals surface area contributed by atoms with E-state index in [4.69, 9.17) is 11.6 Å². The number of rotatable bonds is 4. The van der Waals surface area contributed by atoms with Crippen LogP contribution in [0, 0.1) is 0 Å². The summed E-state index contributed by atoms with van der Waals surface area (Å²) in [5.41, 5.74) is 2.61. The maximum Gasteiger partial charge on any atom is 0.255 e. The van der Waals surface area contributed by atoms with Crippen LogP contribution in [0.4, 0.5) is 0 Å². The normalized spacial score (nSPS) is 18.1. The van der Waals surface area contributed by atoms with Crippen molar-refractivity contribution < 1.29 is 0 Å². The van der Waals surface area contributed by atoms with Gasteiger partial charge in [-0.1, -0.05) is 30.2 Å². The van der Waals surface area contributed by atoms with Gasteiger partial charge >= 0.3 is 0 Å². The van der Waals surface area contributed by atoms with Crippen molar-refractivity contribution in [2.24, 2.45) is 0 Å². The topological polar surface area (TPSA) is 38.1 Å². The van der Waals surface area contributed by atoms with Crippen molar-refractivity contribution in [2.45, 2.75) is 45.3 Å². The molecule has 0 saturated carbocycles. The van der Waals surface area contributed by atoms with Crippen LogP contribution in [-0.2, 0) is 13.1 Å². The molecule has 4 rings (SSSR count). The highest BCUT2D eigenvalue weighted by Gasteiger charge is 2.20. The van der Waals surface area contributed by atoms with Gasteiger partial charge < -0.3 is 4.57 Å². The van der Waals surface area contributed by atoms with E-state index in [0.717, 1.165) is 28.7 Å². The van der Waals surface area contributed by atoms with Crippen LogP contribution in [0.2, 0.25) is 5.02 Å². The van der Waals surface area contributed by atoms with Gasteiger partial charge in [0.2, 0.25) is 0 Å². The first-order valence-electron chi connectivity index (χ1n) is 9.58. The lowest BCUT2D eigenvalue weighted by atomic mass is 10.0. The molecule has 0 bridgehead atoms. The quantitative estimate of drug-likeness (QED) is 0.669. The molecule has 5 heteroatoms. The van der Waals surface area contributed by atoms with E-state index in [9.17, 15) is 4.79 Å². The van der Waals surface area contributed by atoms with Crippen LogP contribution in [0.15, 0.2) is 53.5 Å². The third-order valence-electron chi connectivity index (χ3n) is 5.49. The van der Waals surface area contributed by atoms with E-state index in [2.05, 4.69) is 16.8 Å². The van der Waals surface area contributed by atoms with E-state index in [0.29, 0.717) is 24.2 Å². The summed E-state index contributed by atoms with van der Waals surface area (Å²) in [6.07, 6.45) is 5.44. The van der Waals surface area contributed by atoms with Gasteiger partial charge in [0.1, 0.15) is 0 Å². The summed E-state index contributed by atoms with van der Waals surface area (Å²) in [6, 6.07) is 14.1. The van der Waals surface area contributed by atoms with Crippen molar-refractivity contribution in [3.8, 4) is 0 Å². The molecule has 1 fully saturated rings. The average molecular weight is 382 g/mol. The monoisotopic (exact) mass is 381 g/mol. The predicted octanol–water partition coefficient (Wildman–Crippen LogP) is 4.47. The van der Waals surface area contributed by atoms with Crippen molar-refractivity contribution in [3.05, 3.63) is 75.3 Å². The third-order valence-corrected chi connectivity index (χ3v) is 5.73. The molecule has 0 amide bonds. The van der Waals surface area contributed by atoms with E-state index < -0.39 is 0 Å².